The number of hydrogen-bond donors (Lipinski definition) is 4. The van der Waals surface area contributed by atoms with Crippen molar-refractivity contribution in [2.24, 2.45) is 0 Å². The lowest BCUT2D eigenvalue weighted by Crippen LogP contribution is -2.74. The van der Waals surface area contributed by atoms with Gasteiger partial charge in [-0.15, -0.1) is 0 Å². The number of likely N-dealkylation sites (tertiary alicyclic amines) is 1. The van der Waals surface area contributed by atoms with E-state index in [1.165, 1.54) is 0 Å². The standard InChI is InChI=1S/C22H25NO8/c1-23-7-6-21-17-11-2-3-12(10-24)18(17)31-19(21)14(4-5-22(21,29)15(23)8-11)30-16(26)9-13(25)20(27)28/h2-4,13,15,19,24-25,29H,5-10H2,1H3,(H,27,28)/t13-,15-,19?,21?,22-/m1/s1. The number of ether oxygens (including phenoxy) is 2. The Bertz CT molecular complexity index is 1010. The van der Waals surface area contributed by atoms with Crippen LogP contribution in [0, 0.1) is 0 Å². The van der Waals surface area contributed by atoms with Crippen molar-refractivity contribution in [2.75, 3.05) is 13.6 Å². The lowest BCUT2D eigenvalue weighted by atomic mass is 9.50. The molecule has 1 saturated heterocycles. The van der Waals surface area contributed by atoms with Gasteiger partial charge in [0.25, 0.3) is 0 Å². The first-order valence-electron chi connectivity index (χ1n) is 10.4. The molecule has 4 N–H and O–H groups in total. The van der Waals surface area contributed by atoms with Gasteiger partial charge in [-0.1, -0.05) is 12.1 Å². The number of nitrogens with zero attached hydrogens (tertiary/aromatic N) is 1. The molecular weight excluding hydrogens is 406 g/mol. The number of aliphatic hydroxyl groups excluding tert-OH is 2. The van der Waals surface area contributed by atoms with Crippen molar-refractivity contribution in [2.45, 2.75) is 61.6 Å². The van der Waals surface area contributed by atoms with Gasteiger partial charge in [0.1, 0.15) is 11.5 Å². The summed E-state index contributed by atoms with van der Waals surface area (Å²) in [4.78, 5) is 25.3. The summed E-state index contributed by atoms with van der Waals surface area (Å²) < 4.78 is 11.8. The normalized spacial score (nSPS) is 33.7. The van der Waals surface area contributed by atoms with Crippen LogP contribution in [0.15, 0.2) is 24.0 Å². The van der Waals surface area contributed by atoms with Crippen molar-refractivity contribution in [3.8, 4) is 5.75 Å². The quantitative estimate of drug-likeness (QED) is 0.469. The van der Waals surface area contributed by atoms with Gasteiger partial charge in [-0.2, -0.15) is 0 Å². The zero-order valence-corrected chi connectivity index (χ0v) is 17.1. The van der Waals surface area contributed by atoms with Gasteiger partial charge in [0.05, 0.1) is 24.0 Å². The van der Waals surface area contributed by atoms with Crippen LogP contribution in [0.4, 0.5) is 0 Å². The number of carbonyl (C=O) groups is 2. The molecule has 9 nitrogen and oxygen atoms in total. The maximum absolute atomic E-state index is 12.3. The van der Waals surface area contributed by atoms with Crippen LogP contribution in [-0.4, -0.2) is 74.7 Å². The van der Waals surface area contributed by atoms with Crippen molar-refractivity contribution in [3.63, 3.8) is 0 Å². The molecule has 1 fully saturated rings. The third-order valence-corrected chi connectivity index (χ3v) is 7.50. The fraction of sp³-hybridized carbons (Fsp3) is 0.545. The molecule has 1 aromatic carbocycles. The summed E-state index contributed by atoms with van der Waals surface area (Å²) in [6.45, 7) is 0.491. The van der Waals surface area contributed by atoms with E-state index in [9.17, 15) is 24.9 Å². The number of hydrogen-bond acceptors (Lipinski definition) is 8. The molecule has 0 radical (unpaired) electrons. The number of benzene rings is 1. The average molecular weight is 431 g/mol. The number of aliphatic hydroxyl groups is 3. The van der Waals surface area contributed by atoms with Crippen LogP contribution in [0.2, 0.25) is 0 Å². The summed E-state index contributed by atoms with van der Waals surface area (Å²) in [7, 11) is 1.99. The van der Waals surface area contributed by atoms with Gasteiger partial charge in [-0.3, -0.25) is 4.79 Å². The Labute approximate surface area is 178 Å². The summed E-state index contributed by atoms with van der Waals surface area (Å²) in [6, 6.07) is 3.64. The first-order valence-corrected chi connectivity index (χ1v) is 10.4. The molecule has 166 valence electrons. The molecule has 2 heterocycles. The zero-order valence-electron chi connectivity index (χ0n) is 17.1. The lowest BCUT2D eigenvalue weighted by Gasteiger charge is -2.61. The number of esters is 1. The minimum absolute atomic E-state index is 0.145. The number of carboxylic acids is 1. The molecule has 2 aliphatic heterocycles. The SMILES string of the molecule is CN1CCC23c4c5ccc(CO)c4OC2C(OC(=O)C[C@@H](O)C(=O)O)=CC[C@@]3(O)[C@H]1C5. The second-order valence-electron chi connectivity index (χ2n) is 8.93. The van der Waals surface area contributed by atoms with Crippen LogP contribution >= 0.6 is 0 Å². The van der Waals surface area contributed by atoms with Crippen molar-refractivity contribution in [1.29, 1.82) is 0 Å². The highest BCUT2D eigenvalue weighted by Gasteiger charge is 2.71. The van der Waals surface area contributed by atoms with Crippen molar-refractivity contribution in [3.05, 3.63) is 40.7 Å². The van der Waals surface area contributed by atoms with Gasteiger partial charge < -0.3 is 34.8 Å². The largest absolute Gasteiger partial charge is 0.481 e. The number of rotatable bonds is 5. The molecular formula is C22H25NO8. The highest BCUT2D eigenvalue weighted by atomic mass is 16.6. The minimum Gasteiger partial charge on any atom is -0.481 e. The summed E-state index contributed by atoms with van der Waals surface area (Å²) in [5.74, 6) is -1.65. The summed E-state index contributed by atoms with van der Waals surface area (Å²) in [6.07, 6.45) is -0.236. The fourth-order valence-electron chi connectivity index (χ4n) is 6.05. The van der Waals surface area contributed by atoms with Crippen LogP contribution < -0.4 is 4.74 Å². The third-order valence-electron chi connectivity index (χ3n) is 7.50. The molecule has 1 spiro atoms. The van der Waals surface area contributed by atoms with E-state index >= 15 is 0 Å². The van der Waals surface area contributed by atoms with Crippen molar-refractivity contribution in [1.82, 2.24) is 4.90 Å². The first-order chi connectivity index (χ1) is 14.7. The van der Waals surface area contributed by atoms with Gasteiger partial charge in [0, 0.05) is 23.6 Å². The van der Waals surface area contributed by atoms with Crippen LogP contribution in [0.5, 0.6) is 5.75 Å². The van der Waals surface area contributed by atoms with Gasteiger partial charge in [0.2, 0.25) is 0 Å². The van der Waals surface area contributed by atoms with Gasteiger partial charge in [0.15, 0.2) is 12.2 Å². The van der Waals surface area contributed by atoms with E-state index in [0.717, 1.165) is 11.1 Å². The number of carboxylic acid groups (broad SMARTS) is 1. The zero-order chi connectivity index (χ0) is 22.1. The van der Waals surface area contributed by atoms with Crippen LogP contribution in [-0.2, 0) is 32.8 Å². The molecule has 31 heavy (non-hydrogen) atoms. The Kier molecular flexibility index (Phi) is 4.46. The van der Waals surface area contributed by atoms with E-state index in [1.807, 2.05) is 19.2 Å². The fourth-order valence-corrected chi connectivity index (χ4v) is 6.05. The van der Waals surface area contributed by atoms with E-state index < -0.39 is 41.6 Å². The summed E-state index contributed by atoms with van der Waals surface area (Å²) in [5, 5.41) is 40.2. The van der Waals surface area contributed by atoms with Crippen LogP contribution in [0.25, 0.3) is 0 Å². The average Bonchev–Trinajstić information content (AvgIpc) is 3.08. The van der Waals surface area contributed by atoms with E-state index in [2.05, 4.69) is 4.90 Å². The molecule has 1 aromatic rings. The molecule has 2 unspecified atom stereocenters. The predicted octanol–water partition coefficient (Wildman–Crippen LogP) is -0.165. The molecule has 0 saturated carbocycles. The van der Waals surface area contributed by atoms with Gasteiger partial charge >= 0.3 is 11.9 Å². The minimum atomic E-state index is -1.86. The number of aliphatic carboxylic acids is 1. The number of carbonyl (C=O) groups excluding carboxylic acids is 1. The van der Waals surface area contributed by atoms with E-state index in [4.69, 9.17) is 14.6 Å². The first kappa shape index (κ1) is 20.4. The Morgan fingerprint density at radius 3 is 2.87 bits per heavy atom. The molecule has 4 aliphatic rings. The van der Waals surface area contributed by atoms with Crippen molar-refractivity contribution >= 4 is 11.9 Å². The van der Waals surface area contributed by atoms with Gasteiger partial charge in [-0.25, -0.2) is 4.79 Å². The Balaban J connectivity index is 1.59. The van der Waals surface area contributed by atoms with Crippen molar-refractivity contribution < 1.29 is 39.5 Å². The maximum Gasteiger partial charge on any atom is 0.333 e. The van der Waals surface area contributed by atoms with Crippen LogP contribution in [0.1, 0.15) is 36.0 Å². The molecule has 5 rings (SSSR count). The lowest BCUT2D eigenvalue weighted by molar-refractivity contribution is -0.170. The highest BCUT2D eigenvalue weighted by molar-refractivity contribution is 5.81. The molecule has 2 aliphatic carbocycles. The molecule has 2 bridgehead atoms. The smallest absolute Gasteiger partial charge is 0.333 e. The second kappa shape index (κ2) is 6.77. The number of piperidine rings is 1. The Morgan fingerprint density at radius 2 is 2.16 bits per heavy atom. The predicted molar refractivity (Wildman–Crippen MR) is 105 cm³/mol. The molecule has 9 heteroatoms. The van der Waals surface area contributed by atoms with Gasteiger partial charge in [-0.05, 0) is 38.1 Å². The molecule has 5 atom stereocenters. The Hall–Kier alpha value is -2.46. The Morgan fingerprint density at radius 1 is 1.39 bits per heavy atom. The molecule has 0 amide bonds. The molecule has 0 aromatic heterocycles. The highest BCUT2D eigenvalue weighted by Crippen LogP contribution is 2.64. The van der Waals surface area contributed by atoms with E-state index in [1.54, 1.807) is 6.08 Å². The number of likely N-dealkylation sites (N-methyl/N-ethyl adjacent to an activating group) is 1. The topological polar surface area (TPSA) is 137 Å². The van der Waals surface area contributed by atoms with Crippen LogP contribution in [0.3, 0.4) is 0 Å². The van der Waals surface area contributed by atoms with E-state index in [-0.39, 0.29) is 24.8 Å². The second-order valence-corrected chi connectivity index (χ2v) is 8.93. The monoisotopic (exact) mass is 431 g/mol. The summed E-state index contributed by atoms with van der Waals surface area (Å²) in [5.41, 5.74) is 0.545. The third kappa shape index (κ3) is 2.57. The maximum atomic E-state index is 12.3. The van der Waals surface area contributed by atoms with E-state index in [0.29, 0.717) is 30.7 Å². The summed E-state index contributed by atoms with van der Waals surface area (Å²) >= 11 is 0.